The zero-order chi connectivity index (χ0) is 16.2. The molecule has 1 aliphatic heterocycles. The Morgan fingerprint density at radius 1 is 1.23 bits per heavy atom. The fourth-order valence-electron chi connectivity index (χ4n) is 2.82. The van der Waals surface area contributed by atoms with E-state index in [1.165, 1.54) is 0 Å². The van der Waals surface area contributed by atoms with Crippen LogP contribution in [0.4, 0.5) is 0 Å². The topological polar surface area (TPSA) is 95.6 Å². The van der Waals surface area contributed by atoms with Crippen LogP contribution in [0, 0.1) is 5.92 Å². The summed E-state index contributed by atoms with van der Waals surface area (Å²) in [6.07, 6.45) is 5.10. The Morgan fingerprint density at radius 3 is 2.55 bits per heavy atom. The molecule has 0 spiro atoms. The monoisotopic (exact) mass is 349 g/mol. The average molecular weight is 349 g/mol. The van der Waals surface area contributed by atoms with Crippen molar-refractivity contribution < 1.29 is 18.0 Å². The molecule has 2 aliphatic rings. The highest BCUT2D eigenvalue weighted by atomic mass is 32.2. The molecule has 2 rings (SSSR count). The molecular formula is C13H23N3O4S2. The van der Waals surface area contributed by atoms with Crippen LogP contribution in [-0.2, 0) is 19.6 Å². The van der Waals surface area contributed by atoms with Crippen molar-refractivity contribution >= 4 is 33.6 Å². The van der Waals surface area contributed by atoms with Crippen LogP contribution in [0.5, 0.6) is 0 Å². The van der Waals surface area contributed by atoms with Gasteiger partial charge in [-0.05, 0) is 12.8 Å². The molecule has 1 saturated carbocycles. The molecule has 1 atom stereocenters. The summed E-state index contributed by atoms with van der Waals surface area (Å²) in [5, 5.41) is 2.70. The van der Waals surface area contributed by atoms with E-state index in [1.807, 2.05) is 0 Å². The van der Waals surface area contributed by atoms with Crippen molar-refractivity contribution in [1.82, 2.24) is 14.9 Å². The van der Waals surface area contributed by atoms with Crippen molar-refractivity contribution in [3.63, 3.8) is 0 Å². The third-order valence-corrected chi connectivity index (χ3v) is 5.70. The van der Waals surface area contributed by atoms with Gasteiger partial charge < -0.3 is 10.2 Å². The van der Waals surface area contributed by atoms with Gasteiger partial charge in [0.25, 0.3) is 0 Å². The fraction of sp³-hybridized carbons (Fsp3) is 0.846. The average Bonchev–Trinajstić information content (AvgIpc) is 3.11. The van der Waals surface area contributed by atoms with Crippen LogP contribution in [0.1, 0.15) is 25.7 Å². The normalized spacial score (nSPS) is 23.0. The van der Waals surface area contributed by atoms with E-state index in [4.69, 9.17) is 0 Å². The Hall–Kier alpha value is -0.800. The molecule has 0 aromatic heterocycles. The number of rotatable bonds is 6. The standard InChI is InChI=1S/C13H23N3O4S2/c1-22(19,20)15-7-6-14-12(17)11-8-21-9-16(11)13(18)10-4-2-3-5-10/h10-11,15H,2-9H2,1H3,(H,14,17). The van der Waals surface area contributed by atoms with Crippen molar-refractivity contribution in [1.29, 1.82) is 0 Å². The number of nitrogens with one attached hydrogen (secondary N) is 2. The first kappa shape index (κ1) is 17.6. The first-order valence-corrected chi connectivity index (χ1v) is 10.5. The molecule has 1 aliphatic carbocycles. The largest absolute Gasteiger partial charge is 0.353 e. The zero-order valence-electron chi connectivity index (χ0n) is 12.7. The number of amides is 2. The maximum atomic E-state index is 12.5. The minimum Gasteiger partial charge on any atom is -0.353 e. The Morgan fingerprint density at radius 2 is 1.91 bits per heavy atom. The lowest BCUT2D eigenvalue weighted by atomic mass is 10.1. The number of carbonyl (C=O) groups is 2. The minimum atomic E-state index is -3.25. The molecule has 0 radical (unpaired) electrons. The number of nitrogens with zero attached hydrogens (tertiary/aromatic N) is 1. The van der Waals surface area contributed by atoms with E-state index < -0.39 is 16.1 Å². The van der Waals surface area contributed by atoms with E-state index in [-0.39, 0.29) is 30.8 Å². The quantitative estimate of drug-likeness (QED) is 0.645. The molecular weight excluding hydrogens is 326 g/mol. The number of hydrogen-bond donors (Lipinski definition) is 2. The van der Waals surface area contributed by atoms with Crippen LogP contribution in [-0.4, -0.2) is 62.1 Å². The molecule has 2 amide bonds. The molecule has 1 unspecified atom stereocenters. The summed E-state index contributed by atoms with van der Waals surface area (Å²) in [6.45, 7) is 0.375. The summed E-state index contributed by atoms with van der Waals surface area (Å²) in [4.78, 5) is 26.3. The fourth-order valence-corrected chi connectivity index (χ4v) is 4.46. The maximum absolute atomic E-state index is 12.5. The highest BCUT2D eigenvalue weighted by Crippen LogP contribution is 2.30. The molecule has 0 bridgehead atoms. The number of thioether (sulfide) groups is 1. The lowest BCUT2D eigenvalue weighted by Gasteiger charge is -2.25. The van der Waals surface area contributed by atoms with Crippen molar-refractivity contribution in [3.8, 4) is 0 Å². The van der Waals surface area contributed by atoms with Crippen LogP contribution in [0.3, 0.4) is 0 Å². The third kappa shape index (κ3) is 4.85. The highest BCUT2D eigenvalue weighted by Gasteiger charge is 2.38. The summed E-state index contributed by atoms with van der Waals surface area (Å²) in [5.74, 6) is 1.13. The predicted octanol–water partition coefficient (Wildman–Crippen LogP) is -0.256. The lowest BCUT2D eigenvalue weighted by Crippen LogP contribution is -2.49. The molecule has 0 aromatic rings. The third-order valence-electron chi connectivity index (χ3n) is 3.96. The van der Waals surface area contributed by atoms with Gasteiger partial charge in [0.05, 0.1) is 12.1 Å². The molecule has 2 N–H and O–H groups in total. The van der Waals surface area contributed by atoms with E-state index in [1.54, 1.807) is 16.7 Å². The predicted molar refractivity (Wildman–Crippen MR) is 85.8 cm³/mol. The van der Waals surface area contributed by atoms with Gasteiger partial charge in [-0.1, -0.05) is 12.8 Å². The van der Waals surface area contributed by atoms with E-state index >= 15 is 0 Å². The summed E-state index contributed by atoms with van der Waals surface area (Å²) < 4.78 is 24.2. The van der Waals surface area contributed by atoms with Crippen molar-refractivity contribution in [3.05, 3.63) is 0 Å². The summed E-state index contributed by atoms with van der Waals surface area (Å²) in [6, 6.07) is -0.434. The van der Waals surface area contributed by atoms with Gasteiger partial charge in [-0.2, -0.15) is 0 Å². The van der Waals surface area contributed by atoms with Crippen LogP contribution in [0.2, 0.25) is 0 Å². The molecule has 2 fully saturated rings. The van der Waals surface area contributed by atoms with Gasteiger partial charge in [0.15, 0.2) is 0 Å². The zero-order valence-corrected chi connectivity index (χ0v) is 14.3. The van der Waals surface area contributed by atoms with Crippen LogP contribution in [0.25, 0.3) is 0 Å². The Balaban J connectivity index is 1.81. The Bertz CT molecular complexity index is 517. The molecule has 0 aromatic carbocycles. The molecule has 126 valence electrons. The van der Waals surface area contributed by atoms with Crippen LogP contribution < -0.4 is 10.0 Å². The van der Waals surface area contributed by atoms with Gasteiger partial charge >= 0.3 is 0 Å². The molecule has 9 heteroatoms. The van der Waals surface area contributed by atoms with E-state index in [0.717, 1.165) is 31.9 Å². The Labute approximate surface area is 135 Å². The van der Waals surface area contributed by atoms with Gasteiger partial charge in [-0.15, -0.1) is 11.8 Å². The van der Waals surface area contributed by atoms with Crippen molar-refractivity contribution in [2.75, 3.05) is 31.0 Å². The first-order chi connectivity index (χ1) is 10.4. The van der Waals surface area contributed by atoms with E-state index in [9.17, 15) is 18.0 Å². The molecule has 1 heterocycles. The van der Waals surface area contributed by atoms with E-state index in [2.05, 4.69) is 10.0 Å². The smallest absolute Gasteiger partial charge is 0.243 e. The van der Waals surface area contributed by atoms with Gasteiger partial charge in [0.2, 0.25) is 21.8 Å². The summed E-state index contributed by atoms with van der Waals surface area (Å²) in [7, 11) is -3.25. The first-order valence-electron chi connectivity index (χ1n) is 7.49. The van der Waals surface area contributed by atoms with Gasteiger partial charge in [-0.3, -0.25) is 9.59 Å². The number of sulfonamides is 1. The summed E-state index contributed by atoms with van der Waals surface area (Å²) in [5.41, 5.74) is 0. The van der Waals surface area contributed by atoms with Gasteiger partial charge in [0.1, 0.15) is 6.04 Å². The Kier molecular flexibility index (Phi) is 6.10. The second kappa shape index (κ2) is 7.65. The van der Waals surface area contributed by atoms with Crippen LogP contribution >= 0.6 is 11.8 Å². The summed E-state index contributed by atoms with van der Waals surface area (Å²) >= 11 is 1.58. The van der Waals surface area contributed by atoms with Gasteiger partial charge in [-0.25, -0.2) is 13.1 Å². The minimum absolute atomic E-state index is 0.0703. The molecule has 22 heavy (non-hydrogen) atoms. The number of carbonyl (C=O) groups excluding carboxylic acids is 2. The van der Waals surface area contributed by atoms with Crippen molar-refractivity contribution in [2.24, 2.45) is 5.92 Å². The van der Waals surface area contributed by atoms with Gasteiger partial charge in [0, 0.05) is 24.8 Å². The highest BCUT2D eigenvalue weighted by molar-refractivity contribution is 7.99. The lowest BCUT2D eigenvalue weighted by molar-refractivity contribution is -0.141. The molecule has 1 saturated heterocycles. The van der Waals surface area contributed by atoms with E-state index in [0.29, 0.717) is 11.6 Å². The molecule has 7 nitrogen and oxygen atoms in total. The second-order valence-electron chi connectivity index (χ2n) is 5.76. The second-order valence-corrected chi connectivity index (χ2v) is 8.60. The van der Waals surface area contributed by atoms with Crippen LogP contribution in [0.15, 0.2) is 0 Å². The SMILES string of the molecule is CS(=O)(=O)NCCNC(=O)C1CSCN1C(=O)C1CCCC1. The number of hydrogen-bond acceptors (Lipinski definition) is 5. The maximum Gasteiger partial charge on any atom is 0.243 e. The van der Waals surface area contributed by atoms with Crippen molar-refractivity contribution in [2.45, 2.75) is 31.7 Å².